The summed E-state index contributed by atoms with van der Waals surface area (Å²) in [6.07, 6.45) is 1.86. The Morgan fingerprint density at radius 2 is 2.31 bits per heavy atom. The average molecular weight is 416 g/mol. The van der Waals surface area contributed by atoms with Crippen molar-refractivity contribution in [3.63, 3.8) is 0 Å². The maximum absolute atomic E-state index is 12.0. The van der Waals surface area contributed by atoms with Crippen LogP contribution in [0.15, 0.2) is 18.2 Å². The Hall–Kier alpha value is -1.41. The van der Waals surface area contributed by atoms with Crippen LogP contribution in [0.3, 0.4) is 0 Å². The molecule has 2 atom stereocenters. The summed E-state index contributed by atoms with van der Waals surface area (Å²) >= 11 is 17.6. The second kappa shape index (κ2) is 8.52. The summed E-state index contributed by atoms with van der Waals surface area (Å²) in [4.78, 5) is 17.7. The molecule has 1 aromatic carbocycles. The van der Waals surface area contributed by atoms with E-state index in [1.807, 2.05) is 17.7 Å². The summed E-state index contributed by atoms with van der Waals surface area (Å²) < 4.78 is 7.44. The van der Waals surface area contributed by atoms with Crippen molar-refractivity contribution < 1.29 is 14.4 Å². The molecule has 1 aliphatic heterocycles. The zero-order valence-corrected chi connectivity index (χ0v) is 16.8. The second-order valence-electron chi connectivity index (χ2n) is 6.36. The van der Waals surface area contributed by atoms with Gasteiger partial charge in [0.05, 0.1) is 24.7 Å². The molecule has 1 fully saturated rings. The minimum atomic E-state index is -0.105. The molecule has 1 aliphatic rings. The number of rotatable bonds is 5. The van der Waals surface area contributed by atoms with Crippen LogP contribution in [-0.4, -0.2) is 40.4 Å². The van der Waals surface area contributed by atoms with Gasteiger partial charge in [0, 0.05) is 10.6 Å². The van der Waals surface area contributed by atoms with Gasteiger partial charge in [-0.2, -0.15) is 4.98 Å². The number of carbonyl (C=O) groups excluding carboxylic acids is 1. The molecule has 0 radical (unpaired) electrons. The Labute approximate surface area is 167 Å². The molecule has 26 heavy (non-hydrogen) atoms. The quantitative estimate of drug-likeness (QED) is 0.581. The van der Waals surface area contributed by atoms with Gasteiger partial charge in [-0.1, -0.05) is 23.2 Å². The van der Waals surface area contributed by atoms with Crippen molar-refractivity contribution in [2.45, 2.75) is 26.4 Å². The predicted molar refractivity (Wildman–Crippen MR) is 103 cm³/mol. The first-order valence-corrected chi connectivity index (χ1v) is 9.76. The first-order valence-electron chi connectivity index (χ1n) is 8.60. The van der Waals surface area contributed by atoms with E-state index in [0.717, 1.165) is 31.5 Å². The number of benzene rings is 1. The van der Waals surface area contributed by atoms with Gasteiger partial charge in [0.25, 0.3) is 0 Å². The number of hydrogen-bond acceptors (Lipinski definition) is 4. The molecule has 9 heteroatoms. The van der Waals surface area contributed by atoms with Crippen molar-refractivity contribution >= 4 is 41.4 Å². The molecule has 0 saturated carbocycles. The van der Waals surface area contributed by atoms with Crippen LogP contribution in [0.1, 0.15) is 19.8 Å². The number of piperidine rings is 1. The van der Waals surface area contributed by atoms with E-state index in [9.17, 15) is 4.79 Å². The summed E-state index contributed by atoms with van der Waals surface area (Å²) in [5, 5.41) is 4.30. The monoisotopic (exact) mass is 415 g/mol. The molecule has 6 nitrogen and oxygen atoms in total. The van der Waals surface area contributed by atoms with Crippen molar-refractivity contribution in [1.82, 2.24) is 14.8 Å². The van der Waals surface area contributed by atoms with Crippen LogP contribution in [0.5, 0.6) is 0 Å². The molecule has 3 rings (SSSR count). The molecule has 1 aromatic heterocycles. The van der Waals surface area contributed by atoms with Gasteiger partial charge >= 0.3 is 5.97 Å². The third-order valence-electron chi connectivity index (χ3n) is 4.49. The number of likely N-dealkylation sites (tertiary alicyclic amines) is 1. The summed E-state index contributed by atoms with van der Waals surface area (Å²) in [7, 11) is 0. The number of aromatic nitrogens is 3. The number of quaternary nitrogens is 1. The summed E-state index contributed by atoms with van der Waals surface area (Å²) in [6.45, 7) is 4.58. The highest BCUT2D eigenvalue weighted by molar-refractivity contribution is 7.71. The lowest BCUT2D eigenvalue weighted by Gasteiger charge is -2.28. The Morgan fingerprint density at radius 1 is 1.50 bits per heavy atom. The van der Waals surface area contributed by atoms with Gasteiger partial charge in [0.1, 0.15) is 5.92 Å². The molecular formula is C17H21Cl2N4O2S+. The van der Waals surface area contributed by atoms with E-state index in [0.29, 0.717) is 33.9 Å². The van der Waals surface area contributed by atoms with Crippen LogP contribution in [0.25, 0.3) is 11.4 Å². The van der Waals surface area contributed by atoms with E-state index >= 15 is 0 Å². The van der Waals surface area contributed by atoms with Crippen LogP contribution in [0, 0.1) is 10.7 Å². The van der Waals surface area contributed by atoms with Gasteiger partial charge < -0.3 is 9.64 Å². The van der Waals surface area contributed by atoms with Gasteiger partial charge in [-0.25, -0.2) is 4.68 Å². The molecule has 1 saturated heterocycles. The van der Waals surface area contributed by atoms with Crippen LogP contribution in [0.4, 0.5) is 0 Å². The first-order chi connectivity index (χ1) is 12.5. The molecule has 0 amide bonds. The van der Waals surface area contributed by atoms with Gasteiger partial charge in [-0.3, -0.25) is 9.89 Å². The summed E-state index contributed by atoms with van der Waals surface area (Å²) in [6, 6.07) is 5.25. The molecule has 2 N–H and O–H groups in total. The lowest BCUT2D eigenvalue weighted by molar-refractivity contribution is -0.930. The fourth-order valence-electron chi connectivity index (χ4n) is 3.25. The molecule has 2 aromatic rings. The SMILES string of the molecule is CCOC(=O)[C@H]1CCC[NH+](Cn2[nH]c(-c3ccc(Cl)cc3Cl)nc2=S)C1. The molecular weight excluding hydrogens is 395 g/mol. The van der Waals surface area contributed by atoms with Crippen molar-refractivity contribution in [1.29, 1.82) is 0 Å². The minimum Gasteiger partial charge on any atom is -0.466 e. The Bertz CT molecular complexity index is 852. The molecule has 1 unspecified atom stereocenters. The van der Waals surface area contributed by atoms with Crippen molar-refractivity contribution in [3.05, 3.63) is 33.0 Å². The first kappa shape index (κ1) is 19.4. The number of aromatic amines is 1. The summed E-state index contributed by atoms with van der Waals surface area (Å²) in [5.41, 5.74) is 0.749. The third-order valence-corrected chi connectivity index (χ3v) is 5.34. The Morgan fingerprint density at radius 3 is 3.04 bits per heavy atom. The normalized spacial score (nSPS) is 20.1. The lowest BCUT2D eigenvalue weighted by atomic mass is 9.99. The number of nitrogens with zero attached hydrogens (tertiary/aromatic N) is 2. The fraction of sp³-hybridized carbons (Fsp3) is 0.471. The maximum Gasteiger partial charge on any atom is 0.314 e. The number of ether oxygens (including phenoxy) is 1. The van der Waals surface area contributed by atoms with E-state index in [2.05, 4.69) is 10.1 Å². The van der Waals surface area contributed by atoms with Crippen molar-refractivity contribution in [3.8, 4) is 11.4 Å². The fourth-order valence-corrected chi connectivity index (χ4v) is 3.94. The van der Waals surface area contributed by atoms with E-state index in [-0.39, 0.29) is 11.9 Å². The van der Waals surface area contributed by atoms with Gasteiger partial charge in [-0.15, -0.1) is 0 Å². The molecule has 0 bridgehead atoms. The number of carbonyl (C=O) groups is 1. The Kier molecular flexibility index (Phi) is 6.34. The zero-order valence-electron chi connectivity index (χ0n) is 14.4. The third kappa shape index (κ3) is 4.46. The van der Waals surface area contributed by atoms with E-state index in [4.69, 9.17) is 40.2 Å². The topological polar surface area (TPSA) is 64.3 Å². The average Bonchev–Trinajstić information content (AvgIpc) is 2.95. The summed E-state index contributed by atoms with van der Waals surface area (Å²) in [5.74, 6) is 0.447. The number of halogens is 2. The standard InChI is InChI=1S/C17H20Cl2N4O2S/c1-2-25-16(24)11-4-3-7-22(9-11)10-23-17(26)20-15(21-23)13-6-5-12(18)8-14(13)19/h5-6,8,11H,2-4,7,9-10H2,1H3,(H,20,21,26)/p+1/t11-/m0/s1. The number of nitrogens with one attached hydrogen (secondary N) is 2. The highest BCUT2D eigenvalue weighted by Crippen LogP contribution is 2.27. The molecule has 0 aliphatic carbocycles. The van der Waals surface area contributed by atoms with Crippen molar-refractivity contribution in [2.75, 3.05) is 19.7 Å². The smallest absolute Gasteiger partial charge is 0.314 e. The molecule has 0 spiro atoms. The lowest BCUT2D eigenvalue weighted by Crippen LogP contribution is -3.13. The highest BCUT2D eigenvalue weighted by atomic mass is 35.5. The van der Waals surface area contributed by atoms with E-state index < -0.39 is 0 Å². The minimum absolute atomic E-state index is 0.0547. The number of H-pyrrole nitrogens is 1. The Balaban J connectivity index is 1.73. The van der Waals surface area contributed by atoms with E-state index in [1.54, 1.807) is 12.1 Å². The number of esters is 1. The molecule has 2 heterocycles. The number of hydrogen-bond donors (Lipinski definition) is 2. The zero-order chi connectivity index (χ0) is 18.7. The second-order valence-corrected chi connectivity index (χ2v) is 7.57. The van der Waals surface area contributed by atoms with Crippen LogP contribution >= 0.6 is 35.4 Å². The van der Waals surface area contributed by atoms with Crippen LogP contribution in [-0.2, 0) is 16.2 Å². The van der Waals surface area contributed by atoms with Crippen LogP contribution < -0.4 is 4.90 Å². The van der Waals surface area contributed by atoms with Gasteiger partial charge in [-0.05, 0) is 50.2 Å². The van der Waals surface area contributed by atoms with Gasteiger partial charge in [0.15, 0.2) is 12.5 Å². The van der Waals surface area contributed by atoms with E-state index in [1.165, 1.54) is 4.90 Å². The largest absolute Gasteiger partial charge is 0.466 e. The van der Waals surface area contributed by atoms with Crippen LogP contribution in [0.2, 0.25) is 10.0 Å². The van der Waals surface area contributed by atoms with Crippen molar-refractivity contribution in [2.24, 2.45) is 5.92 Å². The highest BCUT2D eigenvalue weighted by Gasteiger charge is 2.30. The maximum atomic E-state index is 12.0. The molecule has 140 valence electrons. The van der Waals surface area contributed by atoms with Gasteiger partial charge in [0.2, 0.25) is 4.77 Å². The predicted octanol–water partition coefficient (Wildman–Crippen LogP) is 2.73.